The summed E-state index contributed by atoms with van der Waals surface area (Å²) in [7, 11) is 0. The third-order valence-corrected chi connectivity index (χ3v) is 4.12. The lowest BCUT2D eigenvalue weighted by molar-refractivity contribution is 0.171. The predicted octanol–water partition coefficient (Wildman–Crippen LogP) is 4.30. The molecule has 0 spiro atoms. The molecule has 4 rings (SSSR count). The number of nitrogens with zero attached hydrogens (tertiary/aromatic N) is 2. The lowest BCUT2D eigenvalue weighted by Crippen LogP contribution is -2.15. The first-order valence-corrected chi connectivity index (χ1v) is 8.65. The topological polar surface area (TPSA) is 68.3 Å². The zero-order chi connectivity index (χ0) is 17.8. The molecule has 2 aromatic carbocycles. The molecular formula is C20H20N4O2. The van der Waals surface area contributed by atoms with Crippen LogP contribution in [0.25, 0.3) is 0 Å². The van der Waals surface area contributed by atoms with Gasteiger partial charge in [-0.05, 0) is 36.2 Å². The number of benzene rings is 2. The maximum absolute atomic E-state index is 5.61. The van der Waals surface area contributed by atoms with Crippen LogP contribution in [-0.2, 0) is 6.42 Å². The maximum atomic E-state index is 5.61. The lowest BCUT2D eigenvalue weighted by Gasteiger charge is -2.19. The molecule has 1 aliphatic heterocycles. The minimum Gasteiger partial charge on any atom is -0.486 e. The van der Waals surface area contributed by atoms with E-state index < -0.39 is 0 Å². The summed E-state index contributed by atoms with van der Waals surface area (Å²) in [5.41, 5.74) is 3.18. The van der Waals surface area contributed by atoms with Gasteiger partial charge in [0.05, 0.1) is 0 Å². The number of anilines is 4. The van der Waals surface area contributed by atoms with Crippen molar-refractivity contribution in [3.8, 4) is 11.5 Å². The van der Waals surface area contributed by atoms with Gasteiger partial charge in [0.1, 0.15) is 31.2 Å². The summed E-state index contributed by atoms with van der Waals surface area (Å²) in [6.07, 6.45) is 2.56. The van der Waals surface area contributed by atoms with E-state index in [9.17, 15) is 0 Å². The van der Waals surface area contributed by atoms with Gasteiger partial charge >= 0.3 is 0 Å². The van der Waals surface area contributed by atoms with E-state index in [1.807, 2.05) is 24.3 Å². The average molecular weight is 348 g/mol. The molecule has 6 heteroatoms. The molecule has 0 amide bonds. The van der Waals surface area contributed by atoms with E-state index in [1.165, 1.54) is 11.9 Å². The van der Waals surface area contributed by atoms with Gasteiger partial charge in [-0.3, -0.25) is 0 Å². The third kappa shape index (κ3) is 3.69. The Balaban J connectivity index is 1.48. The van der Waals surface area contributed by atoms with Crippen molar-refractivity contribution >= 4 is 23.0 Å². The molecule has 0 saturated heterocycles. The van der Waals surface area contributed by atoms with Gasteiger partial charge in [0.15, 0.2) is 11.5 Å². The highest BCUT2D eigenvalue weighted by Gasteiger charge is 2.12. The Kier molecular flexibility index (Phi) is 4.55. The molecule has 1 aromatic heterocycles. The van der Waals surface area contributed by atoms with Gasteiger partial charge in [0.25, 0.3) is 0 Å². The molecule has 2 N–H and O–H groups in total. The quantitative estimate of drug-likeness (QED) is 0.717. The molecule has 0 saturated carbocycles. The Bertz CT molecular complexity index is 897. The predicted molar refractivity (Wildman–Crippen MR) is 102 cm³/mol. The van der Waals surface area contributed by atoms with Crippen LogP contribution in [0.5, 0.6) is 11.5 Å². The van der Waals surface area contributed by atoms with E-state index in [0.29, 0.717) is 19.0 Å². The van der Waals surface area contributed by atoms with Crippen LogP contribution in [0.4, 0.5) is 23.0 Å². The second kappa shape index (κ2) is 7.31. The minimum absolute atomic E-state index is 0.564. The standard InChI is InChI=1S/C20H20N4O2/c1-2-14-3-5-15(6-4-14)23-19-12-20(22-13-21-19)24-16-7-8-17-18(11-16)26-10-9-25-17/h3-8,11-13H,2,9-10H2,1H3,(H2,21,22,23,24). The van der Waals surface area contributed by atoms with Gasteiger partial charge in [0, 0.05) is 23.5 Å². The molecular weight excluding hydrogens is 328 g/mol. The number of aryl methyl sites for hydroxylation is 1. The molecule has 1 aliphatic rings. The van der Waals surface area contributed by atoms with Crippen molar-refractivity contribution in [1.82, 2.24) is 9.97 Å². The highest BCUT2D eigenvalue weighted by molar-refractivity contribution is 5.65. The number of ether oxygens (including phenoxy) is 2. The van der Waals surface area contributed by atoms with Crippen molar-refractivity contribution < 1.29 is 9.47 Å². The van der Waals surface area contributed by atoms with Crippen LogP contribution in [0.2, 0.25) is 0 Å². The number of hydrogen-bond acceptors (Lipinski definition) is 6. The summed E-state index contributed by atoms with van der Waals surface area (Å²) in [6.45, 7) is 3.29. The normalized spacial score (nSPS) is 12.5. The molecule has 3 aromatic rings. The number of aromatic nitrogens is 2. The first-order valence-electron chi connectivity index (χ1n) is 8.65. The molecule has 0 radical (unpaired) electrons. The van der Waals surface area contributed by atoms with Crippen LogP contribution >= 0.6 is 0 Å². The zero-order valence-electron chi connectivity index (χ0n) is 14.5. The average Bonchev–Trinajstić information content (AvgIpc) is 2.69. The fourth-order valence-electron chi connectivity index (χ4n) is 2.73. The summed E-state index contributed by atoms with van der Waals surface area (Å²) in [5.74, 6) is 2.93. The Hall–Kier alpha value is -3.28. The van der Waals surface area contributed by atoms with Crippen molar-refractivity contribution in [1.29, 1.82) is 0 Å². The largest absolute Gasteiger partial charge is 0.486 e. The van der Waals surface area contributed by atoms with E-state index in [2.05, 4.69) is 51.8 Å². The van der Waals surface area contributed by atoms with Crippen molar-refractivity contribution in [3.63, 3.8) is 0 Å². The van der Waals surface area contributed by atoms with Crippen LogP contribution < -0.4 is 20.1 Å². The Morgan fingerprint density at radius 2 is 1.46 bits per heavy atom. The summed E-state index contributed by atoms with van der Waals surface area (Å²) in [4.78, 5) is 8.56. The molecule has 26 heavy (non-hydrogen) atoms. The van der Waals surface area contributed by atoms with Crippen LogP contribution in [0, 0.1) is 0 Å². The van der Waals surface area contributed by atoms with E-state index in [4.69, 9.17) is 9.47 Å². The lowest BCUT2D eigenvalue weighted by atomic mass is 10.1. The van der Waals surface area contributed by atoms with Gasteiger partial charge in [-0.2, -0.15) is 0 Å². The van der Waals surface area contributed by atoms with Gasteiger partial charge in [-0.25, -0.2) is 9.97 Å². The van der Waals surface area contributed by atoms with E-state index in [1.54, 1.807) is 0 Å². The first-order chi connectivity index (χ1) is 12.8. The van der Waals surface area contributed by atoms with Crippen LogP contribution in [0.15, 0.2) is 54.9 Å². The van der Waals surface area contributed by atoms with Crippen molar-refractivity contribution in [2.45, 2.75) is 13.3 Å². The summed E-state index contributed by atoms with van der Waals surface area (Å²) >= 11 is 0. The SMILES string of the molecule is CCc1ccc(Nc2cc(Nc3ccc4c(c3)OCCO4)ncn2)cc1. The van der Waals surface area contributed by atoms with Gasteiger partial charge in [0.2, 0.25) is 0 Å². The molecule has 0 fully saturated rings. The fraction of sp³-hybridized carbons (Fsp3) is 0.200. The molecule has 6 nitrogen and oxygen atoms in total. The Labute approximate surface area is 152 Å². The Morgan fingerprint density at radius 1 is 0.808 bits per heavy atom. The summed E-state index contributed by atoms with van der Waals surface area (Å²) < 4.78 is 11.2. The van der Waals surface area contributed by atoms with Crippen molar-refractivity contribution in [3.05, 3.63) is 60.4 Å². The number of nitrogens with one attached hydrogen (secondary N) is 2. The fourth-order valence-corrected chi connectivity index (χ4v) is 2.73. The van der Waals surface area contributed by atoms with Gasteiger partial charge < -0.3 is 20.1 Å². The molecule has 132 valence electrons. The molecule has 0 aliphatic carbocycles. The molecule has 0 unspecified atom stereocenters. The second-order valence-electron chi connectivity index (χ2n) is 5.95. The highest BCUT2D eigenvalue weighted by Crippen LogP contribution is 2.33. The zero-order valence-corrected chi connectivity index (χ0v) is 14.5. The molecule has 0 atom stereocenters. The van der Waals surface area contributed by atoms with E-state index in [-0.39, 0.29) is 0 Å². The number of rotatable bonds is 5. The maximum Gasteiger partial charge on any atom is 0.163 e. The van der Waals surface area contributed by atoms with Crippen LogP contribution in [0.3, 0.4) is 0 Å². The summed E-state index contributed by atoms with van der Waals surface area (Å²) in [5, 5.41) is 6.57. The number of fused-ring (bicyclic) bond motifs is 1. The minimum atomic E-state index is 0.564. The smallest absolute Gasteiger partial charge is 0.163 e. The van der Waals surface area contributed by atoms with Gasteiger partial charge in [-0.1, -0.05) is 19.1 Å². The molecule has 0 bridgehead atoms. The third-order valence-electron chi connectivity index (χ3n) is 4.12. The molecule has 2 heterocycles. The first kappa shape index (κ1) is 16.2. The van der Waals surface area contributed by atoms with Crippen molar-refractivity contribution in [2.24, 2.45) is 0 Å². The Morgan fingerprint density at radius 3 is 2.19 bits per heavy atom. The van der Waals surface area contributed by atoms with Crippen LogP contribution in [-0.4, -0.2) is 23.2 Å². The van der Waals surface area contributed by atoms with Crippen molar-refractivity contribution in [2.75, 3.05) is 23.8 Å². The highest BCUT2D eigenvalue weighted by atomic mass is 16.6. The monoisotopic (exact) mass is 348 g/mol. The van der Waals surface area contributed by atoms with E-state index in [0.717, 1.165) is 35.1 Å². The number of hydrogen-bond donors (Lipinski definition) is 2. The summed E-state index contributed by atoms with van der Waals surface area (Å²) in [6, 6.07) is 15.9. The van der Waals surface area contributed by atoms with Crippen LogP contribution in [0.1, 0.15) is 12.5 Å². The van der Waals surface area contributed by atoms with Gasteiger partial charge in [-0.15, -0.1) is 0 Å². The van der Waals surface area contributed by atoms with E-state index >= 15 is 0 Å². The second-order valence-corrected chi connectivity index (χ2v) is 5.95.